The van der Waals surface area contributed by atoms with Gasteiger partial charge in [0.2, 0.25) is 0 Å². The van der Waals surface area contributed by atoms with Crippen LogP contribution < -0.4 is 5.73 Å². The topological polar surface area (TPSA) is 58.9 Å². The molecule has 12 heavy (non-hydrogen) atoms. The van der Waals surface area contributed by atoms with E-state index in [2.05, 4.69) is 4.98 Å². The van der Waals surface area contributed by atoms with Gasteiger partial charge in [0.15, 0.2) is 5.78 Å². The van der Waals surface area contributed by atoms with Crippen molar-refractivity contribution in [1.82, 2.24) is 4.98 Å². The normalized spacial score (nSPS) is 19.1. The molecule has 0 aliphatic heterocycles. The molecule has 1 fully saturated rings. The van der Waals surface area contributed by atoms with Gasteiger partial charge in [0.05, 0.1) is 0 Å². The number of hydrogen-bond acceptors (Lipinski definition) is 2. The van der Waals surface area contributed by atoms with Gasteiger partial charge in [-0.05, 0) is 18.9 Å². The van der Waals surface area contributed by atoms with Crippen LogP contribution in [0.4, 0.5) is 0 Å². The van der Waals surface area contributed by atoms with E-state index >= 15 is 0 Å². The van der Waals surface area contributed by atoms with Gasteiger partial charge in [-0.15, -0.1) is 0 Å². The zero-order chi connectivity index (χ0) is 8.60. The lowest BCUT2D eigenvalue weighted by atomic mass is 9.97. The Kier molecular flexibility index (Phi) is 1.54. The van der Waals surface area contributed by atoms with E-state index in [1.54, 1.807) is 18.5 Å². The Balaban J connectivity index is 2.21. The van der Waals surface area contributed by atoms with E-state index in [-0.39, 0.29) is 11.2 Å². The summed E-state index contributed by atoms with van der Waals surface area (Å²) in [4.78, 5) is 14.6. The number of carbonyl (C=O) groups excluding carboxylic acids is 1. The van der Waals surface area contributed by atoms with Crippen molar-refractivity contribution in [2.75, 3.05) is 6.54 Å². The van der Waals surface area contributed by atoms with E-state index in [1.165, 1.54) is 0 Å². The number of Topliss-reactive ketones (excluding diaryl/α,β-unsaturated/α-hetero) is 1. The van der Waals surface area contributed by atoms with Crippen molar-refractivity contribution < 1.29 is 4.79 Å². The molecule has 0 unspecified atom stereocenters. The van der Waals surface area contributed by atoms with Crippen LogP contribution >= 0.6 is 0 Å². The molecule has 0 bridgehead atoms. The molecule has 1 heterocycles. The molecule has 3 nitrogen and oxygen atoms in total. The maximum absolute atomic E-state index is 11.7. The largest absolute Gasteiger partial charge is 0.367 e. The average Bonchev–Trinajstić information content (AvgIpc) is 2.71. The molecule has 0 amide bonds. The molecule has 2 rings (SSSR count). The van der Waals surface area contributed by atoms with Crippen LogP contribution in [0.1, 0.15) is 23.2 Å². The van der Waals surface area contributed by atoms with Crippen LogP contribution in [0.25, 0.3) is 0 Å². The summed E-state index contributed by atoms with van der Waals surface area (Å²) in [7, 11) is 0. The van der Waals surface area contributed by atoms with Crippen LogP contribution in [-0.2, 0) is 0 Å². The van der Waals surface area contributed by atoms with E-state index in [4.69, 9.17) is 5.73 Å². The highest BCUT2D eigenvalue weighted by Gasteiger charge is 2.48. The van der Waals surface area contributed by atoms with Gasteiger partial charge in [0, 0.05) is 29.9 Å². The second-order valence-corrected chi connectivity index (χ2v) is 3.41. The third kappa shape index (κ3) is 0.975. The number of carbonyl (C=O) groups is 1. The van der Waals surface area contributed by atoms with E-state index in [0.717, 1.165) is 18.4 Å². The van der Waals surface area contributed by atoms with Crippen LogP contribution in [0.5, 0.6) is 0 Å². The first-order valence-electron chi connectivity index (χ1n) is 4.16. The highest BCUT2D eigenvalue weighted by molar-refractivity contribution is 6.02. The number of H-pyrrole nitrogens is 1. The number of aromatic amines is 1. The molecule has 1 saturated carbocycles. The fourth-order valence-electron chi connectivity index (χ4n) is 1.45. The van der Waals surface area contributed by atoms with E-state index in [1.807, 2.05) is 0 Å². The Morgan fingerprint density at radius 3 is 2.83 bits per heavy atom. The number of rotatable bonds is 3. The molecule has 1 aromatic heterocycles. The maximum Gasteiger partial charge on any atom is 0.171 e. The van der Waals surface area contributed by atoms with Gasteiger partial charge in [-0.3, -0.25) is 4.79 Å². The third-order valence-corrected chi connectivity index (χ3v) is 2.59. The van der Waals surface area contributed by atoms with Crippen LogP contribution in [0, 0.1) is 5.41 Å². The smallest absolute Gasteiger partial charge is 0.171 e. The predicted molar refractivity (Wildman–Crippen MR) is 45.8 cm³/mol. The summed E-state index contributed by atoms with van der Waals surface area (Å²) in [6.07, 6.45) is 5.40. The highest BCUT2D eigenvalue weighted by atomic mass is 16.1. The Bertz CT molecular complexity index is 285. The molecule has 0 saturated heterocycles. The van der Waals surface area contributed by atoms with Crippen LogP contribution in [-0.4, -0.2) is 17.3 Å². The number of nitrogens with two attached hydrogens (primary N) is 1. The first-order valence-corrected chi connectivity index (χ1v) is 4.16. The molecule has 1 aromatic rings. The highest BCUT2D eigenvalue weighted by Crippen LogP contribution is 2.47. The predicted octanol–water partition coefficient (Wildman–Crippen LogP) is 0.936. The van der Waals surface area contributed by atoms with Crippen LogP contribution in [0.2, 0.25) is 0 Å². The third-order valence-electron chi connectivity index (χ3n) is 2.59. The molecule has 3 heteroatoms. The minimum absolute atomic E-state index is 0.200. The maximum atomic E-state index is 11.7. The quantitative estimate of drug-likeness (QED) is 0.653. The molecular formula is C9H12N2O. The summed E-state index contributed by atoms with van der Waals surface area (Å²) in [6, 6.07) is 1.80. The summed E-state index contributed by atoms with van der Waals surface area (Å²) in [5.41, 5.74) is 6.10. The van der Waals surface area contributed by atoms with Crippen LogP contribution in [0.15, 0.2) is 18.5 Å². The molecule has 0 spiro atoms. The minimum Gasteiger partial charge on any atom is -0.367 e. The van der Waals surface area contributed by atoms with Gasteiger partial charge in [-0.2, -0.15) is 0 Å². The van der Waals surface area contributed by atoms with Crippen LogP contribution in [0.3, 0.4) is 0 Å². The molecule has 0 atom stereocenters. The molecular weight excluding hydrogens is 152 g/mol. The molecule has 3 N–H and O–H groups in total. The monoisotopic (exact) mass is 164 g/mol. The van der Waals surface area contributed by atoms with Crippen molar-refractivity contribution in [1.29, 1.82) is 0 Å². The lowest BCUT2D eigenvalue weighted by molar-refractivity contribution is 0.0906. The second kappa shape index (κ2) is 2.45. The van der Waals surface area contributed by atoms with Gasteiger partial charge < -0.3 is 10.7 Å². The van der Waals surface area contributed by atoms with Gasteiger partial charge in [0.1, 0.15) is 0 Å². The summed E-state index contributed by atoms with van der Waals surface area (Å²) < 4.78 is 0. The molecule has 1 aliphatic rings. The number of nitrogens with one attached hydrogen (secondary N) is 1. The van der Waals surface area contributed by atoms with Crippen molar-refractivity contribution in [3.05, 3.63) is 24.0 Å². The minimum atomic E-state index is -0.206. The van der Waals surface area contributed by atoms with Gasteiger partial charge in [0.25, 0.3) is 0 Å². The van der Waals surface area contributed by atoms with Crippen molar-refractivity contribution in [3.8, 4) is 0 Å². The molecule has 0 aromatic carbocycles. The average molecular weight is 164 g/mol. The summed E-state index contributed by atoms with van der Waals surface area (Å²) in [5, 5.41) is 0. The van der Waals surface area contributed by atoms with E-state index in [0.29, 0.717) is 6.54 Å². The Morgan fingerprint density at radius 2 is 2.42 bits per heavy atom. The van der Waals surface area contributed by atoms with E-state index < -0.39 is 0 Å². The summed E-state index contributed by atoms with van der Waals surface area (Å²) >= 11 is 0. The van der Waals surface area contributed by atoms with Crippen molar-refractivity contribution in [2.24, 2.45) is 11.1 Å². The van der Waals surface area contributed by atoms with Gasteiger partial charge >= 0.3 is 0 Å². The first kappa shape index (κ1) is 7.55. The number of aromatic nitrogens is 1. The Hall–Kier alpha value is -1.09. The summed E-state index contributed by atoms with van der Waals surface area (Å²) in [6.45, 7) is 0.483. The van der Waals surface area contributed by atoms with Crippen molar-refractivity contribution >= 4 is 5.78 Å². The fourth-order valence-corrected chi connectivity index (χ4v) is 1.45. The zero-order valence-electron chi connectivity index (χ0n) is 6.84. The lowest BCUT2D eigenvalue weighted by Gasteiger charge is -2.08. The fraction of sp³-hybridized carbons (Fsp3) is 0.444. The number of hydrogen-bond donors (Lipinski definition) is 2. The second-order valence-electron chi connectivity index (χ2n) is 3.41. The van der Waals surface area contributed by atoms with Crippen molar-refractivity contribution in [2.45, 2.75) is 12.8 Å². The first-order chi connectivity index (χ1) is 5.78. The molecule has 64 valence electrons. The summed E-state index contributed by atoms with van der Waals surface area (Å²) in [5.74, 6) is 0.200. The van der Waals surface area contributed by atoms with Gasteiger partial charge in [-0.25, -0.2) is 0 Å². The standard InChI is InChI=1S/C9H12N2O/c10-6-9(2-3-9)8(12)7-1-4-11-5-7/h1,4-5,11H,2-3,6,10H2. The van der Waals surface area contributed by atoms with E-state index in [9.17, 15) is 4.79 Å². The Morgan fingerprint density at radius 1 is 1.67 bits per heavy atom. The molecule has 0 radical (unpaired) electrons. The van der Waals surface area contributed by atoms with Crippen molar-refractivity contribution in [3.63, 3.8) is 0 Å². The number of ketones is 1. The SMILES string of the molecule is NCC1(C(=O)c2cc[nH]c2)CC1. The Labute approximate surface area is 71.0 Å². The molecule has 1 aliphatic carbocycles. The zero-order valence-corrected chi connectivity index (χ0v) is 6.84. The van der Waals surface area contributed by atoms with Gasteiger partial charge in [-0.1, -0.05) is 0 Å². The lowest BCUT2D eigenvalue weighted by Crippen LogP contribution is -2.24.